The van der Waals surface area contributed by atoms with Crippen molar-refractivity contribution in [3.63, 3.8) is 0 Å². The van der Waals surface area contributed by atoms with Crippen LogP contribution in [0.3, 0.4) is 0 Å². The van der Waals surface area contributed by atoms with Crippen molar-refractivity contribution in [2.24, 2.45) is 0 Å². The highest BCUT2D eigenvalue weighted by molar-refractivity contribution is 5.83. The van der Waals surface area contributed by atoms with Crippen LogP contribution in [-0.4, -0.2) is 22.5 Å². The molecule has 0 aromatic rings. The fourth-order valence-corrected chi connectivity index (χ4v) is 0.298. The molecule has 0 aromatic carbocycles. The first-order valence-corrected chi connectivity index (χ1v) is 2.84. The maximum Gasteiger partial charge on any atom is 0.370 e. The van der Waals surface area contributed by atoms with Gasteiger partial charge in [0, 0.05) is 6.42 Å². The van der Waals surface area contributed by atoms with Crippen LogP contribution in [0.1, 0.15) is 13.3 Å². The smallest absolute Gasteiger partial charge is 0.370 e. The number of rotatable bonds is 4. The highest BCUT2D eigenvalue weighted by Crippen LogP contribution is 2.00. The van der Waals surface area contributed by atoms with E-state index in [0.717, 1.165) is 0 Å². The molecule has 0 aliphatic heterocycles. The number of aliphatic hydroxyl groups excluding tert-OH is 1. The molecule has 0 aliphatic rings. The first-order valence-electron chi connectivity index (χ1n) is 2.84. The molecule has 0 saturated carbocycles. The Balaban J connectivity index is 3.68. The van der Waals surface area contributed by atoms with Gasteiger partial charge in [-0.25, -0.2) is 4.79 Å². The molecule has 0 bridgehead atoms. The van der Waals surface area contributed by atoms with Gasteiger partial charge in [-0.15, -0.1) is 0 Å². The van der Waals surface area contributed by atoms with Gasteiger partial charge in [0.15, 0.2) is 12.0 Å². The first-order chi connectivity index (χ1) is 4.57. The molecule has 0 saturated heterocycles. The van der Waals surface area contributed by atoms with E-state index in [2.05, 4.69) is 11.3 Å². The molecule has 0 amide bonds. The predicted octanol–water partition coefficient (Wildman–Crippen LogP) is 0.330. The lowest BCUT2D eigenvalue weighted by atomic mass is 10.5. The number of aliphatic carboxylic acids is 1. The Morgan fingerprint density at radius 1 is 1.80 bits per heavy atom. The molecule has 0 fully saturated rings. The van der Waals surface area contributed by atoms with Crippen LogP contribution in [0, 0.1) is 0 Å². The molecule has 0 heterocycles. The molecule has 58 valence electrons. The molecule has 1 atom stereocenters. The average Bonchev–Trinajstić information content (AvgIpc) is 1.87. The molecule has 0 spiro atoms. The van der Waals surface area contributed by atoms with Crippen LogP contribution in [0.15, 0.2) is 12.3 Å². The lowest BCUT2D eigenvalue weighted by Crippen LogP contribution is -2.13. The van der Waals surface area contributed by atoms with E-state index in [0.29, 0.717) is 6.42 Å². The van der Waals surface area contributed by atoms with E-state index < -0.39 is 18.0 Å². The Kier molecular flexibility index (Phi) is 3.49. The third kappa shape index (κ3) is 3.09. The molecule has 4 nitrogen and oxygen atoms in total. The van der Waals surface area contributed by atoms with Crippen molar-refractivity contribution >= 4 is 5.97 Å². The van der Waals surface area contributed by atoms with Crippen molar-refractivity contribution in [1.82, 2.24) is 0 Å². The minimum absolute atomic E-state index is 0.340. The van der Waals surface area contributed by atoms with Crippen LogP contribution in [0.5, 0.6) is 0 Å². The molecule has 0 radical (unpaired) electrons. The molecule has 10 heavy (non-hydrogen) atoms. The van der Waals surface area contributed by atoms with Crippen molar-refractivity contribution in [2.75, 3.05) is 0 Å². The van der Waals surface area contributed by atoms with Gasteiger partial charge in [-0.3, -0.25) is 0 Å². The van der Waals surface area contributed by atoms with Crippen molar-refractivity contribution in [1.29, 1.82) is 0 Å². The highest BCUT2D eigenvalue weighted by atomic mass is 16.6. The molecule has 4 heteroatoms. The number of aliphatic hydroxyl groups is 1. The fourth-order valence-electron chi connectivity index (χ4n) is 0.298. The van der Waals surface area contributed by atoms with E-state index in [1.165, 1.54) is 0 Å². The summed E-state index contributed by atoms with van der Waals surface area (Å²) >= 11 is 0. The normalized spacial score (nSPS) is 12.2. The summed E-state index contributed by atoms with van der Waals surface area (Å²) in [6.07, 6.45) is -0.727. The van der Waals surface area contributed by atoms with E-state index in [1.807, 2.05) is 0 Å². The summed E-state index contributed by atoms with van der Waals surface area (Å²) in [5.41, 5.74) is 0. The van der Waals surface area contributed by atoms with Crippen LogP contribution in [0.25, 0.3) is 0 Å². The zero-order valence-corrected chi connectivity index (χ0v) is 5.70. The number of carboxylic acids is 1. The Morgan fingerprint density at radius 2 is 2.30 bits per heavy atom. The van der Waals surface area contributed by atoms with Crippen molar-refractivity contribution in [2.45, 2.75) is 19.6 Å². The predicted molar refractivity (Wildman–Crippen MR) is 34.2 cm³/mol. The summed E-state index contributed by atoms with van der Waals surface area (Å²) in [4.78, 5) is 10.0. The lowest BCUT2D eigenvalue weighted by Gasteiger charge is -2.09. The number of hydrogen-bond donors (Lipinski definition) is 2. The number of ether oxygens (including phenoxy) is 1. The monoisotopic (exact) mass is 146 g/mol. The van der Waals surface area contributed by atoms with E-state index in [-0.39, 0.29) is 0 Å². The maximum absolute atomic E-state index is 10.0. The van der Waals surface area contributed by atoms with Crippen LogP contribution in [0.2, 0.25) is 0 Å². The van der Waals surface area contributed by atoms with Gasteiger partial charge in [0.1, 0.15) is 0 Å². The minimum atomic E-state index is -1.26. The third-order valence-electron chi connectivity index (χ3n) is 0.866. The summed E-state index contributed by atoms with van der Waals surface area (Å²) in [6, 6.07) is 0. The molecule has 0 rings (SSSR count). The van der Waals surface area contributed by atoms with E-state index in [9.17, 15) is 4.79 Å². The SMILES string of the molecule is C=C(OC(O)CC)C(=O)O. The van der Waals surface area contributed by atoms with Crippen LogP contribution >= 0.6 is 0 Å². The quantitative estimate of drug-likeness (QED) is 0.340. The molecule has 0 aliphatic carbocycles. The molecular weight excluding hydrogens is 136 g/mol. The summed E-state index contributed by atoms with van der Waals surface area (Å²) in [5.74, 6) is -1.69. The number of hydrogen-bond acceptors (Lipinski definition) is 3. The van der Waals surface area contributed by atoms with Crippen molar-refractivity contribution < 1.29 is 19.7 Å². The Hall–Kier alpha value is -1.03. The van der Waals surface area contributed by atoms with Gasteiger partial charge in [-0.1, -0.05) is 6.92 Å². The second-order valence-corrected chi connectivity index (χ2v) is 1.71. The summed E-state index contributed by atoms with van der Waals surface area (Å²) < 4.78 is 4.42. The van der Waals surface area contributed by atoms with Gasteiger partial charge in [0.2, 0.25) is 0 Å². The van der Waals surface area contributed by atoms with Gasteiger partial charge >= 0.3 is 5.97 Å². The maximum atomic E-state index is 10.0. The summed E-state index contributed by atoms with van der Waals surface area (Å²) in [5, 5.41) is 16.9. The minimum Gasteiger partial charge on any atom is -0.475 e. The Morgan fingerprint density at radius 3 is 2.60 bits per heavy atom. The molecular formula is C6H10O4. The van der Waals surface area contributed by atoms with E-state index in [1.54, 1.807) is 6.92 Å². The molecule has 2 N–H and O–H groups in total. The fraction of sp³-hybridized carbons (Fsp3) is 0.500. The van der Waals surface area contributed by atoms with Gasteiger partial charge in [0.25, 0.3) is 0 Å². The van der Waals surface area contributed by atoms with Crippen LogP contribution in [-0.2, 0) is 9.53 Å². The average molecular weight is 146 g/mol. The third-order valence-corrected chi connectivity index (χ3v) is 0.866. The van der Waals surface area contributed by atoms with E-state index >= 15 is 0 Å². The van der Waals surface area contributed by atoms with Crippen molar-refractivity contribution in [3.8, 4) is 0 Å². The second kappa shape index (κ2) is 3.90. The topological polar surface area (TPSA) is 66.8 Å². The Bertz CT molecular complexity index is 141. The van der Waals surface area contributed by atoms with Gasteiger partial charge < -0.3 is 14.9 Å². The molecule has 1 unspecified atom stereocenters. The zero-order chi connectivity index (χ0) is 8.15. The van der Waals surface area contributed by atoms with Crippen molar-refractivity contribution in [3.05, 3.63) is 12.3 Å². The van der Waals surface area contributed by atoms with Gasteiger partial charge in [0.05, 0.1) is 0 Å². The standard InChI is InChI=1S/C6H10O4/c1-3-5(7)10-4(2)6(8)9/h5,7H,2-3H2,1H3,(H,8,9). The first kappa shape index (κ1) is 8.97. The molecule has 0 aromatic heterocycles. The van der Waals surface area contributed by atoms with E-state index in [4.69, 9.17) is 10.2 Å². The van der Waals surface area contributed by atoms with Crippen LogP contribution < -0.4 is 0 Å². The number of carboxylic acid groups (broad SMARTS) is 1. The summed E-state index contributed by atoms with van der Waals surface area (Å²) in [6.45, 7) is 4.73. The second-order valence-electron chi connectivity index (χ2n) is 1.71. The van der Waals surface area contributed by atoms with Crippen LogP contribution in [0.4, 0.5) is 0 Å². The van der Waals surface area contributed by atoms with Gasteiger partial charge in [-0.2, -0.15) is 0 Å². The highest BCUT2D eigenvalue weighted by Gasteiger charge is 2.08. The lowest BCUT2D eigenvalue weighted by molar-refractivity contribution is -0.143. The number of carbonyl (C=O) groups is 1. The van der Waals surface area contributed by atoms with Gasteiger partial charge in [-0.05, 0) is 6.58 Å². The zero-order valence-electron chi connectivity index (χ0n) is 5.70. The summed E-state index contributed by atoms with van der Waals surface area (Å²) in [7, 11) is 0. The largest absolute Gasteiger partial charge is 0.475 e. The Labute approximate surface area is 58.7 Å².